The van der Waals surface area contributed by atoms with Gasteiger partial charge in [-0.1, -0.05) is 35.6 Å². The molecule has 0 spiro atoms. The molecule has 18 heavy (non-hydrogen) atoms. The van der Waals surface area contributed by atoms with Gasteiger partial charge in [-0.15, -0.1) is 0 Å². The second kappa shape index (κ2) is 6.58. The van der Waals surface area contributed by atoms with Crippen LogP contribution in [0, 0.1) is 25.7 Å². The maximum atomic E-state index is 3.35. The van der Waals surface area contributed by atoms with Crippen molar-refractivity contribution in [3.63, 3.8) is 0 Å². The smallest absolute Gasteiger partial charge is 0.0602 e. The Morgan fingerprint density at radius 3 is 2.67 bits per heavy atom. The van der Waals surface area contributed by atoms with Gasteiger partial charge in [0.05, 0.1) is 6.54 Å². The summed E-state index contributed by atoms with van der Waals surface area (Å²) in [6, 6.07) is 6.60. The first-order valence-electron chi connectivity index (χ1n) is 6.70. The van der Waals surface area contributed by atoms with Gasteiger partial charge in [0.2, 0.25) is 0 Å². The van der Waals surface area contributed by atoms with E-state index in [0.717, 1.165) is 39.1 Å². The van der Waals surface area contributed by atoms with Gasteiger partial charge in [0, 0.05) is 32.6 Å². The molecule has 0 unspecified atom stereocenters. The molecule has 1 fully saturated rings. The summed E-state index contributed by atoms with van der Waals surface area (Å²) in [4.78, 5) is 2.41. The second-order valence-electron chi connectivity index (χ2n) is 4.99. The van der Waals surface area contributed by atoms with Gasteiger partial charge in [-0.3, -0.25) is 4.90 Å². The van der Waals surface area contributed by atoms with Crippen LogP contribution in [0.15, 0.2) is 18.2 Å². The number of rotatable bonds is 2. The Labute approximate surface area is 110 Å². The Kier molecular flexibility index (Phi) is 4.81. The number of nitrogens with zero attached hydrogens (tertiary/aromatic N) is 1. The van der Waals surface area contributed by atoms with Crippen molar-refractivity contribution in [3.8, 4) is 11.8 Å². The molecule has 0 radical (unpaired) electrons. The number of piperazine rings is 1. The van der Waals surface area contributed by atoms with Crippen molar-refractivity contribution in [2.24, 2.45) is 0 Å². The van der Waals surface area contributed by atoms with Crippen LogP contribution in [-0.4, -0.2) is 37.6 Å². The first-order valence-corrected chi connectivity index (χ1v) is 6.70. The molecule has 2 rings (SSSR count). The van der Waals surface area contributed by atoms with Crippen molar-refractivity contribution < 1.29 is 0 Å². The van der Waals surface area contributed by atoms with Gasteiger partial charge in [0.15, 0.2) is 0 Å². The fourth-order valence-corrected chi connectivity index (χ4v) is 2.24. The van der Waals surface area contributed by atoms with E-state index in [0.29, 0.717) is 0 Å². The zero-order valence-electron chi connectivity index (χ0n) is 11.4. The minimum atomic E-state index is 0.873. The van der Waals surface area contributed by atoms with Gasteiger partial charge in [-0.05, 0) is 25.0 Å². The summed E-state index contributed by atoms with van der Waals surface area (Å²) in [6.07, 6.45) is 0.873. The van der Waals surface area contributed by atoms with E-state index in [1.165, 1.54) is 16.7 Å². The van der Waals surface area contributed by atoms with Crippen LogP contribution < -0.4 is 5.32 Å². The maximum absolute atomic E-state index is 3.35. The molecule has 96 valence electrons. The molecular weight excluding hydrogens is 220 g/mol. The number of aryl methyl sites for hydroxylation is 2. The van der Waals surface area contributed by atoms with Crippen LogP contribution in [0.3, 0.4) is 0 Å². The molecule has 0 saturated carbocycles. The minimum absolute atomic E-state index is 0.873. The van der Waals surface area contributed by atoms with Gasteiger partial charge in [0.1, 0.15) is 0 Å². The average Bonchev–Trinajstić information content (AvgIpc) is 2.38. The van der Waals surface area contributed by atoms with E-state index in [9.17, 15) is 0 Å². The highest BCUT2D eigenvalue weighted by Gasteiger charge is 2.06. The monoisotopic (exact) mass is 242 g/mol. The van der Waals surface area contributed by atoms with Crippen molar-refractivity contribution in [1.29, 1.82) is 0 Å². The largest absolute Gasteiger partial charge is 0.314 e. The highest BCUT2D eigenvalue weighted by molar-refractivity contribution is 5.33. The van der Waals surface area contributed by atoms with Gasteiger partial charge in [-0.25, -0.2) is 0 Å². The molecule has 2 nitrogen and oxygen atoms in total. The Bertz CT molecular complexity index is 448. The molecule has 1 aromatic carbocycles. The van der Waals surface area contributed by atoms with Gasteiger partial charge < -0.3 is 5.32 Å². The number of hydrogen-bond donors (Lipinski definition) is 1. The molecular formula is C16H22N2. The molecule has 1 N–H and O–H groups in total. The molecule has 1 aliphatic rings. The molecule has 1 heterocycles. The normalized spacial score (nSPS) is 16.1. The van der Waals surface area contributed by atoms with Crippen molar-refractivity contribution in [2.45, 2.75) is 20.3 Å². The minimum Gasteiger partial charge on any atom is -0.314 e. The summed E-state index contributed by atoms with van der Waals surface area (Å²) in [7, 11) is 0. The van der Waals surface area contributed by atoms with E-state index < -0.39 is 0 Å². The molecule has 0 bridgehead atoms. The van der Waals surface area contributed by atoms with Crippen LogP contribution in [0.1, 0.15) is 16.7 Å². The van der Waals surface area contributed by atoms with E-state index >= 15 is 0 Å². The van der Waals surface area contributed by atoms with E-state index in [2.05, 4.69) is 54.1 Å². The third kappa shape index (κ3) is 3.87. The predicted octanol–water partition coefficient (Wildman–Crippen LogP) is 1.75. The fraction of sp³-hybridized carbons (Fsp3) is 0.500. The van der Waals surface area contributed by atoms with Crippen LogP contribution in [0.2, 0.25) is 0 Å². The summed E-state index contributed by atoms with van der Waals surface area (Å²) in [5.74, 6) is 6.59. The molecule has 2 heteroatoms. The Morgan fingerprint density at radius 1 is 1.17 bits per heavy atom. The molecule has 0 atom stereocenters. The highest BCUT2D eigenvalue weighted by Crippen LogP contribution is 2.10. The topological polar surface area (TPSA) is 15.3 Å². The molecule has 0 aliphatic carbocycles. The third-order valence-electron chi connectivity index (χ3n) is 3.41. The molecule has 1 aliphatic heterocycles. The van der Waals surface area contributed by atoms with Crippen LogP contribution in [0.25, 0.3) is 0 Å². The van der Waals surface area contributed by atoms with Crippen molar-refractivity contribution in [2.75, 3.05) is 32.7 Å². The molecule has 1 aromatic rings. The zero-order valence-corrected chi connectivity index (χ0v) is 11.4. The SMILES string of the molecule is Cc1ccc(CC#CCN2CCNCC2)c(C)c1. The van der Waals surface area contributed by atoms with Gasteiger partial charge >= 0.3 is 0 Å². The summed E-state index contributed by atoms with van der Waals surface area (Å²) in [6.45, 7) is 9.65. The lowest BCUT2D eigenvalue weighted by molar-refractivity contribution is 0.268. The Hall–Kier alpha value is -1.30. The predicted molar refractivity (Wildman–Crippen MR) is 76.7 cm³/mol. The van der Waals surface area contributed by atoms with Crippen LogP contribution in [0.4, 0.5) is 0 Å². The van der Waals surface area contributed by atoms with Gasteiger partial charge in [0.25, 0.3) is 0 Å². The summed E-state index contributed by atoms with van der Waals surface area (Å²) < 4.78 is 0. The lowest BCUT2D eigenvalue weighted by Crippen LogP contribution is -2.43. The molecule has 0 aromatic heterocycles. The van der Waals surface area contributed by atoms with Crippen LogP contribution >= 0.6 is 0 Å². The van der Waals surface area contributed by atoms with Crippen LogP contribution in [-0.2, 0) is 6.42 Å². The van der Waals surface area contributed by atoms with Crippen molar-refractivity contribution >= 4 is 0 Å². The zero-order chi connectivity index (χ0) is 12.8. The Balaban J connectivity index is 1.83. The highest BCUT2D eigenvalue weighted by atomic mass is 15.2. The first-order chi connectivity index (χ1) is 8.75. The number of hydrogen-bond acceptors (Lipinski definition) is 2. The number of benzene rings is 1. The molecule has 1 saturated heterocycles. The first kappa shape index (κ1) is 13.1. The lowest BCUT2D eigenvalue weighted by Gasteiger charge is -2.24. The number of nitrogens with one attached hydrogen (secondary N) is 1. The lowest BCUT2D eigenvalue weighted by atomic mass is 10.0. The average molecular weight is 242 g/mol. The maximum Gasteiger partial charge on any atom is 0.0602 e. The van der Waals surface area contributed by atoms with Crippen LogP contribution in [0.5, 0.6) is 0 Å². The second-order valence-corrected chi connectivity index (χ2v) is 4.99. The summed E-state index contributed by atoms with van der Waals surface area (Å²) >= 11 is 0. The fourth-order valence-electron chi connectivity index (χ4n) is 2.24. The molecule has 0 amide bonds. The summed E-state index contributed by atoms with van der Waals surface area (Å²) in [5, 5.41) is 3.35. The van der Waals surface area contributed by atoms with E-state index in [4.69, 9.17) is 0 Å². The summed E-state index contributed by atoms with van der Waals surface area (Å²) in [5.41, 5.74) is 4.03. The van der Waals surface area contributed by atoms with E-state index in [-0.39, 0.29) is 0 Å². The third-order valence-corrected chi connectivity index (χ3v) is 3.41. The van der Waals surface area contributed by atoms with Crippen molar-refractivity contribution in [1.82, 2.24) is 10.2 Å². The standard InChI is InChI=1S/C16H22N2/c1-14-6-7-16(15(2)13-14)5-3-4-10-18-11-8-17-9-12-18/h6-7,13,17H,5,8-12H2,1-2H3. The Morgan fingerprint density at radius 2 is 1.94 bits per heavy atom. The van der Waals surface area contributed by atoms with Crippen molar-refractivity contribution in [3.05, 3.63) is 34.9 Å². The van der Waals surface area contributed by atoms with E-state index in [1.807, 2.05) is 0 Å². The van der Waals surface area contributed by atoms with E-state index in [1.54, 1.807) is 0 Å². The quantitative estimate of drug-likeness (QED) is 0.795. The van der Waals surface area contributed by atoms with Gasteiger partial charge in [-0.2, -0.15) is 0 Å².